The molecule has 0 spiro atoms. The Morgan fingerprint density at radius 2 is 2.36 bits per heavy atom. The zero-order valence-electron chi connectivity index (χ0n) is 7.81. The van der Waals surface area contributed by atoms with Crippen molar-refractivity contribution in [1.29, 1.82) is 0 Å². The first-order valence-corrected chi connectivity index (χ1v) is 4.67. The fourth-order valence-electron chi connectivity index (χ4n) is 1.53. The van der Waals surface area contributed by atoms with Crippen molar-refractivity contribution < 1.29 is 24.5 Å². The lowest BCUT2D eigenvalue weighted by atomic mass is 10.0. The number of carbonyl (C=O) groups is 2. The van der Waals surface area contributed by atoms with E-state index in [0.717, 1.165) is 6.42 Å². The van der Waals surface area contributed by atoms with E-state index in [9.17, 15) is 14.7 Å². The lowest BCUT2D eigenvalue weighted by molar-refractivity contribution is -0.155. The minimum absolute atomic E-state index is 0.220. The largest absolute Gasteiger partial charge is 0.481 e. The van der Waals surface area contributed by atoms with Crippen LogP contribution in [0.4, 0.5) is 0 Å². The van der Waals surface area contributed by atoms with Gasteiger partial charge in [0.2, 0.25) is 0 Å². The Kier molecular flexibility index (Phi) is 3.88. The smallest absolute Gasteiger partial charge is 0.306 e. The molecule has 0 aromatic heterocycles. The highest BCUT2D eigenvalue weighted by Gasteiger charge is 2.23. The molecule has 5 heteroatoms. The van der Waals surface area contributed by atoms with E-state index in [1.54, 1.807) is 0 Å². The minimum atomic E-state index is -1.04. The highest BCUT2D eigenvalue weighted by Crippen LogP contribution is 2.18. The van der Waals surface area contributed by atoms with Crippen LogP contribution in [-0.4, -0.2) is 34.4 Å². The summed E-state index contributed by atoms with van der Waals surface area (Å²) in [6.45, 7) is 0. The lowest BCUT2D eigenvalue weighted by Crippen LogP contribution is -2.28. The van der Waals surface area contributed by atoms with Crippen molar-refractivity contribution in [2.75, 3.05) is 0 Å². The number of cyclic esters (lactones) is 1. The van der Waals surface area contributed by atoms with Gasteiger partial charge in [-0.15, -0.1) is 0 Å². The molecule has 0 bridgehead atoms. The summed E-state index contributed by atoms with van der Waals surface area (Å²) in [6, 6.07) is 0. The summed E-state index contributed by atoms with van der Waals surface area (Å²) in [4.78, 5) is 21.1. The van der Waals surface area contributed by atoms with Gasteiger partial charge in [0.15, 0.2) is 0 Å². The number of hydrogen-bond donors (Lipinski definition) is 2. The van der Waals surface area contributed by atoms with E-state index in [4.69, 9.17) is 9.84 Å². The van der Waals surface area contributed by atoms with Crippen molar-refractivity contribution in [1.82, 2.24) is 0 Å². The van der Waals surface area contributed by atoms with E-state index in [1.165, 1.54) is 0 Å². The van der Waals surface area contributed by atoms with Crippen LogP contribution in [0.15, 0.2) is 0 Å². The van der Waals surface area contributed by atoms with Gasteiger partial charge in [-0.1, -0.05) is 0 Å². The average molecular weight is 202 g/mol. The minimum Gasteiger partial charge on any atom is -0.481 e. The molecule has 80 valence electrons. The first-order valence-electron chi connectivity index (χ1n) is 4.67. The van der Waals surface area contributed by atoms with Gasteiger partial charge in [-0.25, -0.2) is 0 Å². The highest BCUT2D eigenvalue weighted by atomic mass is 16.5. The van der Waals surface area contributed by atoms with Gasteiger partial charge in [-0.05, 0) is 12.8 Å². The fourth-order valence-corrected chi connectivity index (χ4v) is 1.53. The molecule has 2 N–H and O–H groups in total. The molecule has 0 unspecified atom stereocenters. The SMILES string of the molecule is O=C(O)C[C@H](O)C[C@@H]1CCCC(=O)O1. The summed E-state index contributed by atoms with van der Waals surface area (Å²) in [5, 5.41) is 17.7. The van der Waals surface area contributed by atoms with E-state index < -0.39 is 12.1 Å². The molecule has 5 nitrogen and oxygen atoms in total. The number of rotatable bonds is 4. The van der Waals surface area contributed by atoms with Crippen LogP contribution in [0.3, 0.4) is 0 Å². The number of esters is 1. The first kappa shape index (κ1) is 11.0. The fraction of sp³-hybridized carbons (Fsp3) is 0.778. The molecule has 0 aliphatic carbocycles. The molecule has 0 radical (unpaired) electrons. The second-order valence-corrected chi connectivity index (χ2v) is 3.49. The van der Waals surface area contributed by atoms with E-state index >= 15 is 0 Å². The Morgan fingerprint density at radius 1 is 1.64 bits per heavy atom. The van der Waals surface area contributed by atoms with Crippen LogP contribution in [0.1, 0.15) is 32.1 Å². The molecule has 0 aromatic carbocycles. The molecule has 0 amide bonds. The Balaban J connectivity index is 2.28. The zero-order chi connectivity index (χ0) is 10.6. The molecule has 0 aromatic rings. The summed E-state index contributed by atoms with van der Waals surface area (Å²) < 4.78 is 4.95. The molecule has 14 heavy (non-hydrogen) atoms. The van der Waals surface area contributed by atoms with Gasteiger partial charge in [0.05, 0.1) is 12.5 Å². The molecule has 1 fully saturated rings. The number of aliphatic hydroxyl groups excluding tert-OH is 1. The third-order valence-electron chi connectivity index (χ3n) is 2.15. The number of aliphatic carboxylic acids is 1. The number of carbonyl (C=O) groups excluding carboxylic acids is 1. The number of ether oxygens (including phenoxy) is 1. The van der Waals surface area contributed by atoms with Crippen LogP contribution in [-0.2, 0) is 14.3 Å². The Labute approximate surface area is 81.7 Å². The van der Waals surface area contributed by atoms with Crippen LogP contribution in [0.25, 0.3) is 0 Å². The van der Waals surface area contributed by atoms with Crippen molar-refractivity contribution in [3.8, 4) is 0 Å². The number of aliphatic hydroxyl groups is 1. The van der Waals surface area contributed by atoms with Crippen LogP contribution in [0.2, 0.25) is 0 Å². The van der Waals surface area contributed by atoms with Crippen LogP contribution >= 0.6 is 0 Å². The van der Waals surface area contributed by atoms with Crippen LogP contribution < -0.4 is 0 Å². The molecule has 1 saturated heterocycles. The van der Waals surface area contributed by atoms with Crippen molar-refractivity contribution in [2.45, 2.75) is 44.3 Å². The molecular weight excluding hydrogens is 188 g/mol. The number of carboxylic acids is 1. The summed E-state index contributed by atoms with van der Waals surface area (Å²) in [5.74, 6) is -1.30. The number of carboxylic acid groups (broad SMARTS) is 1. The standard InChI is InChI=1S/C9H14O5/c10-6(5-8(11)12)4-7-2-1-3-9(13)14-7/h6-7,10H,1-5H2,(H,11,12)/t6-,7+/m1/s1. The molecule has 2 atom stereocenters. The van der Waals surface area contributed by atoms with Crippen molar-refractivity contribution in [3.63, 3.8) is 0 Å². The molecule has 1 heterocycles. The Hall–Kier alpha value is -1.10. The molecule has 1 rings (SSSR count). The van der Waals surface area contributed by atoms with E-state index in [-0.39, 0.29) is 24.9 Å². The molecule has 0 saturated carbocycles. The normalized spacial score (nSPS) is 24.1. The predicted octanol–water partition coefficient (Wildman–Crippen LogP) is 0.308. The summed E-state index contributed by atoms with van der Waals surface area (Å²) >= 11 is 0. The average Bonchev–Trinajstić information content (AvgIpc) is 2.01. The van der Waals surface area contributed by atoms with E-state index in [1.807, 2.05) is 0 Å². The van der Waals surface area contributed by atoms with Crippen molar-refractivity contribution >= 4 is 11.9 Å². The topological polar surface area (TPSA) is 83.8 Å². The van der Waals surface area contributed by atoms with Crippen molar-refractivity contribution in [2.24, 2.45) is 0 Å². The van der Waals surface area contributed by atoms with Gasteiger partial charge in [-0.2, -0.15) is 0 Å². The Bertz CT molecular complexity index is 225. The van der Waals surface area contributed by atoms with Crippen LogP contribution in [0.5, 0.6) is 0 Å². The first-order chi connectivity index (χ1) is 6.58. The second-order valence-electron chi connectivity index (χ2n) is 3.49. The maximum Gasteiger partial charge on any atom is 0.306 e. The predicted molar refractivity (Wildman–Crippen MR) is 46.6 cm³/mol. The van der Waals surface area contributed by atoms with Gasteiger partial charge in [-0.3, -0.25) is 9.59 Å². The van der Waals surface area contributed by atoms with Gasteiger partial charge >= 0.3 is 11.9 Å². The summed E-state index contributed by atoms with van der Waals surface area (Å²) in [7, 11) is 0. The second kappa shape index (κ2) is 4.95. The summed E-state index contributed by atoms with van der Waals surface area (Å²) in [6.07, 6.45) is 0.567. The molecule has 1 aliphatic heterocycles. The quantitative estimate of drug-likeness (QED) is 0.641. The van der Waals surface area contributed by atoms with Gasteiger partial charge in [0.1, 0.15) is 6.10 Å². The zero-order valence-corrected chi connectivity index (χ0v) is 7.81. The third-order valence-corrected chi connectivity index (χ3v) is 2.15. The summed E-state index contributed by atoms with van der Waals surface area (Å²) in [5.41, 5.74) is 0. The van der Waals surface area contributed by atoms with Crippen LogP contribution in [0, 0.1) is 0 Å². The monoisotopic (exact) mass is 202 g/mol. The van der Waals surface area contributed by atoms with Gasteiger partial charge < -0.3 is 14.9 Å². The lowest BCUT2D eigenvalue weighted by Gasteiger charge is -2.23. The van der Waals surface area contributed by atoms with E-state index in [0.29, 0.717) is 12.8 Å². The van der Waals surface area contributed by atoms with E-state index in [2.05, 4.69) is 0 Å². The maximum absolute atomic E-state index is 10.9. The van der Waals surface area contributed by atoms with Gasteiger partial charge in [0.25, 0.3) is 0 Å². The Morgan fingerprint density at radius 3 is 2.93 bits per heavy atom. The number of hydrogen-bond acceptors (Lipinski definition) is 4. The van der Waals surface area contributed by atoms with Gasteiger partial charge in [0, 0.05) is 12.8 Å². The third kappa shape index (κ3) is 3.74. The maximum atomic E-state index is 10.9. The highest BCUT2D eigenvalue weighted by molar-refractivity contribution is 5.70. The molecule has 1 aliphatic rings. The molecular formula is C9H14O5. The van der Waals surface area contributed by atoms with Crippen molar-refractivity contribution in [3.05, 3.63) is 0 Å².